The van der Waals surface area contributed by atoms with Gasteiger partial charge in [-0.05, 0) is 63.5 Å². The topological polar surface area (TPSA) is 76.0 Å². The quantitative estimate of drug-likeness (QED) is 0.777. The third-order valence-corrected chi connectivity index (χ3v) is 4.46. The molecule has 26 heavy (non-hydrogen) atoms. The van der Waals surface area contributed by atoms with Crippen molar-refractivity contribution in [2.75, 3.05) is 6.61 Å². The van der Waals surface area contributed by atoms with Crippen LogP contribution in [0.25, 0.3) is 6.08 Å². The molecule has 1 aromatic rings. The fraction of sp³-hybridized carbons (Fsp3) is 0.571. The molecule has 1 aromatic carbocycles. The molecule has 1 aliphatic rings. The number of esters is 1. The van der Waals surface area contributed by atoms with Gasteiger partial charge in [0.25, 0.3) is 0 Å². The molecule has 0 aliphatic carbocycles. The predicted octanol–water partition coefficient (Wildman–Crippen LogP) is 4.45. The summed E-state index contributed by atoms with van der Waals surface area (Å²) in [5.74, 6) is -0.127. The van der Waals surface area contributed by atoms with Crippen LogP contribution in [0.3, 0.4) is 0 Å². The molecule has 0 fully saturated rings. The van der Waals surface area contributed by atoms with E-state index in [1.54, 1.807) is 6.07 Å². The van der Waals surface area contributed by atoms with Crippen LogP contribution in [0.1, 0.15) is 74.7 Å². The molecular weight excluding hydrogens is 332 g/mol. The number of phenols is 1. The zero-order chi connectivity index (χ0) is 18.9. The molecule has 2 rings (SSSR count). The van der Waals surface area contributed by atoms with Crippen LogP contribution in [-0.2, 0) is 4.74 Å². The summed E-state index contributed by atoms with van der Waals surface area (Å²) in [6.07, 6.45) is 8.69. The molecular formula is C21H30O5. The number of hydrogen-bond acceptors (Lipinski definition) is 5. The summed E-state index contributed by atoms with van der Waals surface area (Å²) >= 11 is 0. The van der Waals surface area contributed by atoms with E-state index < -0.39 is 5.97 Å². The highest BCUT2D eigenvalue weighted by atomic mass is 16.5. The minimum atomic E-state index is -0.533. The first kappa shape index (κ1) is 20.3. The number of carbonyl (C=O) groups excluding carboxylic acids is 1. The fourth-order valence-corrected chi connectivity index (χ4v) is 3.05. The minimum absolute atomic E-state index is 0.127. The number of aliphatic hydroxyl groups excluding tert-OH is 1. The number of rotatable bonds is 3. The normalized spacial score (nSPS) is 23.4. The summed E-state index contributed by atoms with van der Waals surface area (Å²) in [6.45, 7) is 4.38. The molecule has 0 aromatic heterocycles. The van der Waals surface area contributed by atoms with Gasteiger partial charge in [0.2, 0.25) is 0 Å². The van der Waals surface area contributed by atoms with Gasteiger partial charge in [-0.15, -0.1) is 0 Å². The predicted molar refractivity (Wildman–Crippen MR) is 102 cm³/mol. The van der Waals surface area contributed by atoms with Gasteiger partial charge in [0.1, 0.15) is 17.1 Å². The van der Waals surface area contributed by atoms with Gasteiger partial charge in [-0.25, -0.2) is 4.79 Å². The van der Waals surface area contributed by atoms with E-state index in [1.165, 1.54) is 6.07 Å². The van der Waals surface area contributed by atoms with Crippen LogP contribution in [0.5, 0.6) is 11.5 Å². The van der Waals surface area contributed by atoms with Gasteiger partial charge in [-0.3, -0.25) is 0 Å². The second-order valence-corrected chi connectivity index (χ2v) is 6.89. The number of carbonyl (C=O) groups is 1. The average Bonchev–Trinajstić information content (AvgIpc) is 2.58. The summed E-state index contributed by atoms with van der Waals surface area (Å²) in [5.41, 5.74) is 0.764. The molecule has 0 radical (unpaired) electrons. The van der Waals surface area contributed by atoms with Crippen LogP contribution < -0.4 is 4.74 Å². The molecule has 2 atom stereocenters. The molecule has 0 saturated carbocycles. The lowest BCUT2D eigenvalue weighted by atomic mass is 10.0. The molecule has 0 saturated heterocycles. The maximum atomic E-state index is 12.6. The molecule has 0 bridgehead atoms. The molecule has 0 unspecified atom stereocenters. The van der Waals surface area contributed by atoms with Crippen LogP contribution in [-0.4, -0.2) is 35.0 Å². The highest BCUT2D eigenvalue weighted by Gasteiger charge is 2.21. The van der Waals surface area contributed by atoms with E-state index in [-0.39, 0.29) is 23.5 Å². The second-order valence-electron chi connectivity index (χ2n) is 6.89. The SMILES string of the molecule is CCCOc1cc(O)c2c(c1)/C=C/CCC[C@H](O)CCC[C@H](C)OC2=O. The van der Waals surface area contributed by atoms with Gasteiger partial charge in [0.15, 0.2) is 0 Å². The number of phenolic OH excluding ortho intramolecular Hbond substituents is 1. The number of cyclic esters (lactones) is 1. The van der Waals surface area contributed by atoms with Gasteiger partial charge in [-0.2, -0.15) is 0 Å². The van der Waals surface area contributed by atoms with Crippen molar-refractivity contribution in [2.24, 2.45) is 0 Å². The summed E-state index contributed by atoms with van der Waals surface area (Å²) in [7, 11) is 0. The zero-order valence-electron chi connectivity index (χ0n) is 15.7. The van der Waals surface area contributed by atoms with E-state index in [1.807, 2.05) is 26.0 Å². The number of hydrogen-bond donors (Lipinski definition) is 2. The zero-order valence-corrected chi connectivity index (χ0v) is 15.7. The summed E-state index contributed by atoms with van der Waals surface area (Å²) < 4.78 is 11.1. The number of fused-ring (bicyclic) bond motifs is 1. The monoisotopic (exact) mass is 362 g/mol. The van der Waals surface area contributed by atoms with Crippen molar-refractivity contribution in [3.63, 3.8) is 0 Å². The smallest absolute Gasteiger partial charge is 0.342 e. The number of aliphatic hydroxyl groups is 1. The third kappa shape index (κ3) is 6.06. The number of aromatic hydroxyl groups is 1. The van der Waals surface area contributed by atoms with Crippen molar-refractivity contribution in [3.8, 4) is 11.5 Å². The van der Waals surface area contributed by atoms with Crippen LogP contribution in [0.15, 0.2) is 18.2 Å². The van der Waals surface area contributed by atoms with Gasteiger partial charge >= 0.3 is 5.97 Å². The van der Waals surface area contributed by atoms with Crippen LogP contribution in [0, 0.1) is 0 Å². The molecule has 2 N–H and O–H groups in total. The van der Waals surface area contributed by atoms with Crippen molar-refractivity contribution < 1.29 is 24.5 Å². The Morgan fingerprint density at radius 3 is 2.77 bits per heavy atom. The Labute approximate surface area is 155 Å². The summed E-state index contributed by atoms with van der Waals surface area (Å²) in [4.78, 5) is 12.6. The molecule has 144 valence electrons. The van der Waals surface area contributed by atoms with Gasteiger partial charge in [0, 0.05) is 6.07 Å². The van der Waals surface area contributed by atoms with E-state index >= 15 is 0 Å². The van der Waals surface area contributed by atoms with Crippen LogP contribution in [0.4, 0.5) is 0 Å². The molecule has 1 aliphatic heterocycles. The van der Waals surface area contributed by atoms with Crippen molar-refractivity contribution in [1.29, 1.82) is 0 Å². The van der Waals surface area contributed by atoms with Crippen molar-refractivity contribution in [1.82, 2.24) is 0 Å². The molecule has 0 spiro atoms. The minimum Gasteiger partial charge on any atom is -0.507 e. The first-order chi connectivity index (χ1) is 12.5. The van der Waals surface area contributed by atoms with Gasteiger partial charge < -0.3 is 19.7 Å². The van der Waals surface area contributed by atoms with E-state index in [9.17, 15) is 15.0 Å². The van der Waals surface area contributed by atoms with E-state index in [2.05, 4.69) is 0 Å². The van der Waals surface area contributed by atoms with E-state index in [0.717, 1.165) is 32.1 Å². The Kier molecular flexibility index (Phi) is 7.98. The Morgan fingerprint density at radius 1 is 1.23 bits per heavy atom. The van der Waals surface area contributed by atoms with E-state index in [0.29, 0.717) is 30.8 Å². The summed E-state index contributed by atoms with van der Waals surface area (Å²) in [6, 6.07) is 3.22. The largest absolute Gasteiger partial charge is 0.507 e. The lowest BCUT2D eigenvalue weighted by Gasteiger charge is -2.17. The van der Waals surface area contributed by atoms with Crippen LogP contribution >= 0.6 is 0 Å². The molecule has 0 amide bonds. The lowest BCUT2D eigenvalue weighted by Crippen LogP contribution is -2.17. The first-order valence-corrected chi connectivity index (χ1v) is 9.56. The summed E-state index contributed by atoms with van der Waals surface area (Å²) in [5, 5.41) is 20.4. The van der Waals surface area contributed by atoms with Crippen molar-refractivity contribution >= 4 is 12.0 Å². The Morgan fingerprint density at radius 2 is 2.00 bits per heavy atom. The number of allylic oxidation sites excluding steroid dienone is 1. The van der Waals surface area contributed by atoms with E-state index in [4.69, 9.17) is 9.47 Å². The van der Waals surface area contributed by atoms with Crippen LogP contribution in [0.2, 0.25) is 0 Å². The molecule has 1 heterocycles. The van der Waals surface area contributed by atoms with Gasteiger partial charge in [0.05, 0.1) is 18.8 Å². The molecule has 5 nitrogen and oxygen atoms in total. The maximum absolute atomic E-state index is 12.6. The standard InChI is InChI=1S/C21H30O5/c1-3-12-25-18-13-16-9-5-4-6-10-17(22)11-7-8-15(2)26-21(24)20(16)19(23)14-18/h5,9,13-15,17,22-23H,3-4,6-8,10-12H2,1-2H3/b9-5+/t15-,17-/m0/s1. The lowest BCUT2D eigenvalue weighted by molar-refractivity contribution is 0.0307. The highest BCUT2D eigenvalue weighted by molar-refractivity contribution is 5.97. The Hall–Kier alpha value is -2.01. The Bertz CT molecular complexity index is 623. The third-order valence-electron chi connectivity index (χ3n) is 4.46. The fourth-order valence-electron chi connectivity index (χ4n) is 3.05. The first-order valence-electron chi connectivity index (χ1n) is 9.56. The molecule has 5 heteroatoms. The Balaban J connectivity index is 2.31. The average molecular weight is 362 g/mol. The number of benzene rings is 1. The van der Waals surface area contributed by atoms with Crippen molar-refractivity contribution in [3.05, 3.63) is 29.3 Å². The maximum Gasteiger partial charge on any atom is 0.342 e. The highest BCUT2D eigenvalue weighted by Crippen LogP contribution is 2.31. The van der Waals surface area contributed by atoms with Gasteiger partial charge in [-0.1, -0.05) is 19.1 Å². The van der Waals surface area contributed by atoms with Crippen molar-refractivity contribution in [2.45, 2.75) is 71.0 Å². The number of ether oxygens (including phenoxy) is 2. The second kappa shape index (κ2) is 10.2.